The molecule has 3 heterocycles. The first kappa shape index (κ1) is 15.0. The van der Waals surface area contributed by atoms with Crippen LogP contribution in [0.1, 0.15) is 11.1 Å². The molecule has 0 bridgehead atoms. The molecule has 2 aromatic heterocycles. The van der Waals surface area contributed by atoms with E-state index in [1.54, 1.807) is 0 Å². The summed E-state index contributed by atoms with van der Waals surface area (Å²) >= 11 is 0. The Bertz CT molecular complexity index is 686. The fourth-order valence-corrected chi connectivity index (χ4v) is 3.11. The molecule has 3 rings (SSSR count). The molecule has 0 saturated carbocycles. The quantitative estimate of drug-likeness (QED) is 0.859. The van der Waals surface area contributed by atoms with Gasteiger partial charge in [0, 0.05) is 44.1 Å². The summed E-state index contributed by atoms with van der Waals surface area (Å²) in [4.78, 5) is 4.54. The lowest BCUT2D eigenvalue weighted by Gasteiger charge is -2.34. The Balaban J connectivity index is 1.77. The van der Waals surface area contributed by atoms with E-state index in [4.69, 9.17) is 4.74 Å². The van der Waals surface area contributed by atoms with Crippen molar-refractivity contribution in [3.05, 3.63) is 41.7 Å². The van der Waals surface area contributed by atoms with Crippen molar-refractivity contribution in [2.45, 2.75) is 12.6 Å². The maximum atomic E-state index is 9.49. The number of morpholine rings is 1. The van der Waals surface area contributed by atoms with Crippen LogP contribution in [0.3, 0.4) is 0 Å². The van der Waals surface area contributed by atoms with Crippen LogP contribution in [0.15, 0.2) is 30.6 Å². The van der Waals surface area contributed by atoms with E-state index < -0.39 is 0 Å². The molecule has 0 unspecified atom stereocenters. The second-order valence-corrected chi connectivity index (χ2v) is 6.12. The second-order valence-electron chi connectivity index (χ2n) is 6.12. The van der Waals surface area contributed by atoms with E-state index in [0.29, 0.717) is 0 Å². The monoisotopic (exact) mass is 298 g/mol. The predicted molar refractivity (Wildman–Crippen MR) is 85.7 cm³/mol. The van der Waals surface area contributed by atoms with Crippen molar-refractivity contribution < 1.29 is 4.74 Å². The molecule has 116 valence electrons. The molecular weight excluding hydrogens is 276 g/mol. The molecule has 0 spiro atoms. The Kier molecular flexibility index (Phi) is 4.44. The smallest absolute Gasteiger partial charge is 0.102 e. The van der Waals surface area contributed by atoms with Crippen molar-refractivity contribution in [1.82, 2.24) is 14.2 Å². The van der Waals surface area contributed by atoms with Gasteiger partial charge in [-0.15, -0.1) is 0 Å². The third kappa shape index (κ3) is 3.14. The Morgan fingerprint density at radius 3 is 3.05 bits per heavy atom. The van der Waals surface area contributed by atoms with Crippen LogP contribution >= 0.6 is 0 Å². The lowest BCUT2D eigenvalue weighted by molar-refractivity contribution is -0.0406. The first-order chi connectivity index (χ1) is 10.7. The van der Waals surface area contributed by atoms with Gasteiger partial charge in [0.2, 0.25) is 0 Å². The predicted octanol–water partition coefficient (Wildman–Crippen LogP) is 1.57. The number of aromatic nitrogens is 1. The van der Waals surface area contributed by atoms with Gasteiger partial charge >= 0.3 is 0 Å². The molecular formula is C17H22N4O. The van der Waals surface area contributed by atoms with Crippen LogP contribution in [-0.2, 0) is 11.3 Å². The summed E-state index contributed by atoms with van der Waals surface area (Å²) in [5.74, 6) is 0. The fraction of sp³-hybridized carbons (Fsp3) is 0.471. The van der Waals surface area contributed by atoms with E-state index in [9.17, 15) is 5.26 Å². The first-order valence-electron chi connectivity index (χ1n) is 7.64. The molecule has 5 heteroatoms. The second kappa shape index (κ2) is 6.49. The van der Waals surface area contributed by atoms with Gasteiger partial charge in [0.05, 0.1) is 23.8 Å². The lowest BCUT2D eigenvalue weighted by atomic mass is 10.1. The van der Waals surface area contributed by atoms with Gasteiger partial charge in [-0.1, -0.05) is 6.07 Å². The minimum absolute atomic E-state index is 0.242. The zero-order valence-corrected chi connectivity index (χ0v) is 13.2. The molecule has 0 aliphatic carbocycles. The highest BCUT2D eigenvalue weighted by Crippen LogP contribution is 2.20. The van der Waals surface area contributed by atoms with E-state index in [-0.39, 0.29) is 6.10 Å². The number of pyridine rings is 1. The summed E-state index contributed by atoms with van der Waals surface area (Å²) in [6.45, 7) is 4.32. The van der Waals surface area contributed by atoms with Gasteiger partial charge in [-0.2, -0.15) is 5.26 Å². The summed E-state index contributed by atoms with van der Waals surface area (Å²) in [5, 5.41) is 9.49. The molecule has 0 radical (unpaired) electrons. The molecule has 1 saturated heterocycles. The van der Waals surface area contributed by atoms with Crippen LogP contribution in [0.4, 0.5) is 0 Å². The number of hydrogen-bond acceptors (Lipinski definition) is 4. The van der Waals surface area contributed by atoms with Crippen molar-refractivity contribution >= 4 is 5.52 Å². The van der Waals surface area contributed by atoms with Crippen molar-refractivity contribution in [1.29, 1.82) is 5.26 Å². The van der Waals surface area contributed by atoms with Gasteiger partial charge in [0.1, 0.15) is 6.07 Å². The van der Waals surface area contributed by atoms with Gasteiger partial charge < -0.3 is 14.0 Å². The fourth-order valence-electron chi connectivity index (χ4n) is 3.11. The molecule has 1 aliphatic heterocycles. The zero-order chi connectivity index (χ0) is 15.5. The molecule has 22 heavy (non-hydrogen) atoms. The number of fused-ring (bicyclic) bond motifs is 1. The summed E-state index contributed by atoms with van der Waals surface area (Å²) in [7, 11) is 4.13. The van der Waals surface area contributed by atoms with E-state index in [1.807, 2.05) is 28.8 Å². The average Bonchev–Trinajstić information content (AvgIpc) is 2.83. The average molecular weight is 298 g/mol. The van der Waals surface area contributed by atoms with Crippen molar-refractivity contribution in [3.63, 3.8) is 0 Å². The summed E-state index contributed by atoms with van der Waals surface area (Å²) in [6, 6.07) is 8.32. The van der Waals surface area contributed by atoms with Crippen molar-refractivity contribution in [3.8, 4) is 6.07 Å². The van der Waals surface area contributed by atoms with Gasteiger partial charge in [0.15, 0.2) is 0 Å². The normalized spacial score (nSPS) is 19.6. The lowest BCUT2D eigenvalue weighted by Crippen LogP contribution is -2.46. The molecule has 2 aromatic rings. The molecule has 0 amide bonds. The van der Waals surface area contributed by atoms with Crippen LogP contribution < -0.4 is 0 Å². The van der Waals surface area contributed by atoms with Crippen LogP contribution in [0.5, 0.6) is 0 Å². The van der Waals surface area contributed by atoms with Crippen LogP contribution in [0.2, 0.25) is 0 Å². The highest BCUT2D eigenvalue weighted by molar-refractivity contribution is 5.65. The first-order valence-corrected chi connectivity index (χ1v) is 7.64. The third-order valence-electron chi connectivity index (χ3n) is 4.06. The van der Waals surface area contributed by atoms with E-state index in [0.717, 1.165) is 49.4 Å². The molecule has 5 nitrogen and oxygen atoms in total. The van der Waals surface area contributed by atoms with Gasteiger partial charge in [-0.25, -0.2) is 0 Å². The van der Waals surface area contributed by atoms with Gasteiger partial charge in [0.25, 0.3) is 0 Å². The minimum Gasteiger partial charge on any atom is -0.374 e. The van der Waals surface area contributed by atoms with Crippen LogP contribution in [0, 0.1) is 11.3 Å². The summed E-state index contributed by atoms with van der Waals surface area (Å²) in [6.07, 6.45) is 4.31. The number of hydrogen-bond donors (Lipinski definition) is 0. The summed E-state index contributed by atoms with van der Waals surface area (Å²) in [5.41, 5.74) is 2.87. The van der Waals surface area contributed by atoms with Gasteiger partial charge in [-0.05, 0) is 26.2 Å². The summed E-state index contributed by atoms with van der Waals surface area (Å²) < 4.78 is 7.85. The Hall–Kier alpha value is -1.87. The van der Waals surface area contributed by atoms with Crippen LogP contribution in [-0.4, -0.2) is 60.6 Å². The van der Waals surface area contributed by atoms with Gasteiger partial charge in [-0.3, -0.25) is 4.90 Å². The topological polar surface area (TPSA) is 43.9 Å². The van der Waals surface area contributed by atoms with Crippen molar-refractivity contribution in [2.75, 3.05) is 40.3 Å². The largest absolute Gasteiger partial charge is 0.374 e. The Labute approximate surface area is 131 Å². The van der Waals surface area contributed by atoms with E-state index in [2.05, 4.69) is 36.2 Å². The standard InChI is InChI=1S/C17H22N4O/c1-19(2)12-15-13-20(7-8-22-15)10-14-11-21-6-4-3-5-17(21)16(14)9-18/h3-6,11,15H,7-8,10,12-13H2,1-2H3/t15-/m1/s1. The SMILES string of the molecule is CN(C)C[C@@H]1CN(Cc2cn3ccccc3c2C#N)CCO1. The van der Waals surface area contributed by atoms with E-state index >= 15 is 0 Å². The molecule has 0 N–H and O–H groups in total. The highest BCUT2D eigenvalue weighted by Gasteiger charge is 2.22. The molecule has 1 atom stereocenters. The molecule has 1 aliphatic rings. The maximum absolute atomic E-state index is 9.49. The molecule has 1 fully saturated rings. The number of ether oxygens (including phenoxy) is 1. The molecule has 0 aromatic carbocycles. The Morgan fingerprint density at radius 2 is 2.27 bits per heavy atom. The van der Waals surface area contributed by atoms with Crippen LogP contribution in [0.25, 0.3) is 5.52 Å². The number of likely N-dealkylation sites (N-methyl/N-ethyl adjacent to an activating group) is 1. The third-order valence-corrected chi connectivity index (χ3v) is 4.06. The Morgan fingerprint density at radius 1 is 1.41 bits per heavy atom. The highest BCUT2D eigenvalue weighted by atomic mass is 16.5. The zero-order valence-electron chi connectivity index (χ0n) is 13.2. The minimum atomic E-state index is 0.242. The number of nitrogens with zero attached hydrogens (tertiary/aromatic N) is 4. The van der Waals surface area contributed by atoms with Crippen molar-refractivity contribution in [2.24, 2.45) is 0 Å². The maximum Gasteiger partial charge on any atom is 0.102 e. The number of nitriles is 1. The van der Waals surface area contributed by atoms with E-state index in [1.165, 1.54) is 0 Å². The number of rotatable bonds is 4.